The largest absolute Gasteiger partial charge is 0.354 e. The highest BCUT2D eigenvalue weighted by Gasteiger charge is 2.30. The fraction of sp³-hybridized carbons (Fsp3) is 0.500. The number of aromatic nitrogens is 4. The molecule has 2 aromatic rings. The Bertz CT molecular complexity index is 743. The van der Waals surface area contributed by atoms with E-state index in [4.69, 9.17) is 4.98 Å². The number of nitrogens with zero attached hydrogens (tertiary/aromatic N) is 5. The number of fused-ring (bicyclic) bond motifs is 1. The average molecular weight is 324 g/mol. The van der Waals surface area contributed by atoms with E-state index in [2.05, 4.69) is 40.2 Å². The average Bonchev–Trinajstić information content (AvgIpc) is 3.28. The summed E-state index contributed by atoms with van der Waals surface area (Å²) in [7, 11) is 0. The molecule has 0 spiro atoms. The molecule has 6 heteroatoms. The molecule has 1 N–H and O–H groups in total. The highest BCUT2D eigenvalue weighted by atomic mass is 15.3. The summed E-state index contributed by atoms with van der Waals surface area (Å²) < 4.78 is 1.96. The van der Waals surface area contributed by atoms with Gasteiger partial charge in [0.15, 0.2) is 0 Å². The summed E-state index contributed by atoms with van der Waals surface area (Å²) in [6.07, 6.45) is 11.1. The van der Waals surface area contributed by atoms with Crippen LogP contribution in [0.1, 0.15) is 43.9 Å². The fourth-order valence-electron chi connectivity index (χ4n) is 3.75. The lowest BCUT2D eigenvalue weighted by Gasteiger charge is -2.35. The minimum Gasteiger partial charge on any atom is -0.354 e. The van der Waals surface area contributed by atoms with E-state index in [0.717, 1.165) is 36.1 Å². The molecule has 0 aromatic carbocycles. The molecule has 0 bridgehead atoms. The SMILES string of the molecule is CCNc1nc(C)c2c(n1)N(C1CCCC1)CC(n1cccn1)=C2. The maximum atomic E-state index is 4.84. The summed E-state index contributed by atoms with van der Waals surface area (Å²) in [5, 5.41) is 7.68. The van der Waals surface area contributed by atoms with Gasteiger partial charge in [0.05, 0.1) is 17.9 Å². The van der Waals surface area contributed by atoms with E-state index in [9.17, 15) is 0 Å². The van der Waals surface area contributed by atoms with Crippen molar-refractivity contribution >= 4 is 23.5 Å². The van der Waals surface area contributed by atoms with Gasteiger partial charge in [-0.2, -0.15) is 10.1 Å². The highest BCUT2D eigenvalue weighted by Crippen LogP contribution is 2.36. The van der Waals surface area contributed by atoms with Crippen LogP contribution in [0.4, 0.5) is 11.8 Å². The van der Waals surface area contributed by atoms with Crippen molar-refractivity contribution in [3.05, 3.63) is 29.7 Å². The zero-order chi connectivity index (χ0) is 16.5. The van der Waals surface area contributed by atoms with Gasteiger partial charge in [-0.1, -0.05) is 12.8 Å². The van der Waals surface area contributed by atoms with Crippen LogP contribution in [0.5, 0.6) is 0 Å². The van der Waals surface area contributed by atoms with Gasteiger partial charge in [-0.3, -0.25) is 0 Å². The molecule has 1 aliphatic heterocycles. The van der Waals surface area contributed by atoms with Gasteiger partial charge in [-0.15, -0.1) is 0 Å². The van der Waals surface area contributed by atoms with E-state index < -0.39 is 0 Å². The smallest absolute Gasteiger partial charge is 0.224 e. The molecule has 2 aromatic heterocycles. The fourth-order valence-corrected chi connectivity index (χ4v) is 3.75. The Morgan fingerprint density at radius 3 is 2.79 bits per heavy atom. The Labute approximate surface area is 142 Å². The highest BCUT2D eigenvalue weighted by molar-refractivity contribution is 5.84. The predicted molar refractivity (Wildman–Crippen MR) is 96.9 cm³/mol. The topological polar surface area (TPSA) is 58.9 Å². The van der Waals surface area contributed by atoms with Crippen molar-refractivity contribution in [3.63, 3.8) is 0 Å². The lowest BCUT2D eigenvalue weighted by molar-refractivity contribution is 0.617. The lowest BCUT2D eigenvalue weighted by Crippen LogP contribution is -2.39. The molecule has 0 saturated heterocycles. The number of nitrogens with one attached hydrogen (secondary N) is 1. The Morgan fingerprint density at radius 2 is 2.08 bits per heavy atom. The van der Waals surface area contributed by atoms with Crippen LogP contribution in [0.2, 0.25) is 0 Å². The monoisotopic (exact) mass is 324 g/mol. The van der Waals surface area contributed by atoms with Gasteiger partial charge in [0.25, 0.3) is 0 Å². The molecule has 0 radical (unpaired) electrons. The summed E-state index contributed by atoms with van der Waals surface area (Å²) in [4.78, 5) is 11.9. The molecular weight excluding hydrogens is 300 g/mol. The van der Waals surface area contributed by atoms with E-state index in [1.807, 2.05) is 23.1 Å². The Morgan fingerprint density at radius 1 is 1.25 bits per heavy atom. The van der Waals surface area contributed by atoms with Crippen molar-refractivity contribution in [2.45, 2.75) is 45.6 Å². The van der Waals surface area contributed by atoms with Crippen LogP contribution in [-0.4, -0.2) is 38.9 Å². The summed E-state index contributed by atoms with van der Waals surface area (Å²) in [5.74, 6) is 1.80. The normalized spacial score (nSPS) is 17.8. The molecule has 0 atom stereocenters. The number of anilines is 2. The molecule has 1 aliphatic carbocycles. The van der Waals surface area contributed by atoms with Crippen LogP contribution in [-0.2, 0) is 0 Å². The summed E-state index contributed by atoms with van der Waals surface area (Å²) in [6.45, 7) is 5.82. The molecule has 3 heterocycles. The second-order valence-electron chi connectivity index (χ2n) is 6.55. The van der Waals surface area contributed by atoms with E-state index in [-0.39, 0.29) is 0 Å². The first kappa shape index (κ1) is 15.2. The molecule has 126 valence electrons. The number of hydrogen-bond acceptors (Lipinski definition) is 5. The molecule has 0 unspecified atom stereocenters. The molecule has 0 amide bonds. The standard InChI is InChI=1S/C18H24N6/c1-3-19-18-21-13(2)16-11-15(24-10-6-9-20-24)12-23(17(16)22-18)14-7-4-5-8-14/h6,9-11,14H,3-5,7-8,12H2,1-2H3,(H,19,21,22). The molecular formula is C18H24N6. The van der Waals surface area contributed by atoms with Crippen LogP contribution >= 0.6 is 0 Å². The minimum atomic E-state index is 0.562. The molecule has 1 saturated carbocycles. The number of rotatable bonds is 4. The van der Waals surface area contributed by atoms with E-state index >= 15 is 0 Å². The lowest BCUT2D eigenvalue weighted by atomic mass is 10.1. The Balaban J connectivity index is 1.81. The Hall–Kier alpha value is -2.37. The summed E-state index contributed by atoms with van der Waals surface area (Å²) in [5.41, 5.74) is 3.32. The third-order valence-corrected chi connectivity index (χ3v) is 4.93. The summed E-state index contributed by atoms with van der Waals surface area (Å²) in [6, 6.07) is 2.53. The van der Waals surface area contributed by atoms with Crippen LogP contribution in [0.15, 0.2) is 18.5 Å². The zero-order valence-electron chi connectivity index (χ0n) is 14.4. The van der Waals surface area contributed by atoms with Gasteiger partial charge < -0.3 is 10.2 Å². The maximum Gasteiger partial charge on any atom is 0.224 e. The van der Waals surface area contributed by atoms with Crippen molar-refractivity contribution in [3.8, 4) is 0 Å². The van der Waals surface area contributed by atoms with E-state index in [1.165, 1.54) is 31.4 Å². The van der Waals surface area contributed by atoms with Crippen LogP contribution in [0, 0.1) is 6.92 Å². The van der Waals surface area contributed by atoms with Gasteiger partial charge in [0.2, 0.25) is 5.95 Å². The van der Waals surface area contributed by atoms with Crippen LogP contribution in [0.3, 0.4) is 0 Å². The number of aryl methyl sites for hydroxylation is 1. The summed E-state index contributed by atoms with van der Waals surface area (Å²) >= 11 is 0. The van der Waals surface area contributed by atoms with Gasteiger partial charge in [-0.25, -0.2) is 9.67 Å². The van der Waals surface area contributed by atoms with Gasteiger partial charge in [-0.05, 0) is 38.8 Å². The first-order valence-corrected chi connectivity index (χ1v) is 8.86. The second kappa shape index (κ2) is 6.26. The maximum absolute atomic E-state index is 4.84. The molecule has 24 heavy (non-hydrogen) atoms. The van der Waals surface area contributed by atoms with Gasteiger partial charge in [0.1, 0.15) is 5.82 Å². The second-order valence-corrected chi connectivity index (χ2v) is 6.55. The van der Waals surface area contributed by atoms with Gasteiger partial charge >= 0.3 is 0 Å². The third kappa shape index (κ3) is 2.66. The van der Waals surface area contributed by atoms with Crippen LogP contribution in [0.25, 0.3) is 11.8 Å². The minimum absolute atomic E-state index is 0.562. The Kier molecular flexibility index (Phi) is 3.96. The first-order valence-electron chi connectivity index (χ1n) is 8.86. The molecule has 6 nitrogen and oxygen atoms in total. The van der Waals surface area contributed by atoms with E-state index in [0.29, 0.717) is 6.04 Å². The van der Waals surface area contributed by atoms with Crippen molar-refractivity contribution < 1.29 is 0 Å². The zero-order valence-corrected chi connectivity index (χ0v) is 14.4. The van der Waals surface area contributed by atoms with Crippen molar-refractivity contribution in [2.75, 3.05) is 23.3 Å². The molecule has 2 aliphatic rings. The van der Waals surface area contributed by atoms with Crippen LogP contribution < -0.4 is 10.2 Å². The van der Waals surface area contributed by atoms with Crippen molar-refractivity contribution in [2.24, 2.45) is 0 Å². The molecule has 1 fully saturated rings. The van der Waals surface area contributed by atoms with Crippen molar-refractivity contribution in [1.82, 2.24) is 19.7 Å². The number of hydrogen-bond donors (Lipinski definition) is 1. The quantitative estimate of drug-likeness (QED) is 0.936. The van der Waals surface area contributed by atoms with E-state index in [1.54, 1.807) is 0 Å². The van der Waals surface area contributed by atoms with Crippen molar-refractivity contribution in [1.29, 1.82) is 0 Å². The third-order valence-electron chi connectivity index (χ3n) is 4.93. The first-order chi connectivity index (χ1) is 11.8. The molecule has 4 rings (SSSR count). The van der Waals surface area contributed by atoms with Gasteiger partial charge in [0, 0.05) is 30.5 Å². The predicted octanol–water partition coefficient (Wildman–Crippen LogP) is 3.17.